The smallest absolute Gasteiger partial charge is 0.356 e. The van der Waals surface area contributed by atoms with E-state index in [2.05, 4.69) is 0 Å². The number of carbonyl (C=O) groups excluding carboxylic acids is 1. The molecule has 0 unspecified atom stereocenters. The van der Waals surface area contributed by atoms with Crippen LogP contribution >= 0.6 is 0 Å². The Morgan fingerprint density at radius 1 is 1.24 bits per heavy atom. The molecule has 1 saturated carbocycles. The number of rotatable bonds is 5. The lowest BCUT2D eigenvalue weighted by atomic mass is 10.4. The number of hydrogen-bond acceptors (Lipinski definition) is 5. The van der Waals surface area contributed by atoms with E-state index in [1.165, 1.54) is 0 Å². The fourth-order valence-electron chi connectivity index (χ4n) is 1.69. The van der Waals surface area contributed by atoms with Crippen molar-refractivity contribution >= 4 is 22.3 Å². The van der Waals surface area contributed by atoms with Gasteiger partial charge in [0.25, 0.3) is 0 Å². The van der Waals surface area contributed by atoms with Crippen LogP contribution in [0.1, 0.15) is 25.7 Å². The van der Waals surface area contributed by atoms with Crippen molar-refractivity contribution in [3.05, 3.63) is 11.5 Å². The number of hydrogen-bond donors (Lipinski definition) is 3. The molecule has 3 N–H and O–H groups in total. The maximum absolute atomic E-state index is 11.7. The number of carbonyl (C=O) groups is 2. The zero-order valence-electron chi connectivity index (χ0n) is 8.92. The quantitative estimate of drug-likeness (QED) is 0.362. The third kappa shape index (κ3) is 3.19. The van der Waals surface area contributed by atoms with E-state index in [1.807, 2.05) is 0 Å². The minimum Gasteiger partial charge on any atom is -0.503 e. The zero-order chi connectivity index (χ0) is 13.1. The van der Waals surface area contributed by atoms with Crippen molar-refractivity contribution in [3.63, 3.8) is 0 Å². The van der Waals surface area contributed by atoms with E-state index in [9.17, 15) is 18.0 Å². The van der Waals surface area contributed by atoms with Crippen molar-refractivity contribution in [2.75, 3.05) is 0 Å². The van der Waals surface area contributed by atoms with E-state index in [0.717, 1.165) is 12.8 Å². The highest BCUT2D eigenvalue weighted by Crippen LogP contribution is 2.24. The Morgan fingerprint density at radius 3 is 2.18 bits per heavy atom. The van der Waals surface area contributed by atoms with Gasteiger partial charge in [-0.1, -0.05) is 12.8 Å². The van der Waals surface area contributed by atoms with Gasteiger partial charge in [0.1, 0.15) is 0 Å². The Morgan fingerprint density at radius 2 is 1.76 bits per heavy atom. The van der Waals surface area contributed by atoms with Crippen molar-refractivity contribution in [1.82, 2.24) is 4.72 Å². The monoisotopic (exact) mass is 263 g/mol. The van der Waals surface area contributed by atoms with Gasteiger partial charge in [-0.15, -0.1) is 0 Å². The number of aliphatic hydroxyl groups excluding tert-OH is 1. The maximum Gasteiger partial charge on any atom is 0.356 e. The second-order valence-corrected chi connectivity index (χ2v) is 5.70. The molecule has 8 heteroatoms. The number of carboxylic acids is 1. The molecule has 0 atom stereocenters. The van der Waals surface area contributed by atoms with E-state index in [-0.39, 0.29) is 6.29 Å². The van der Waals surface area contributed by atoms with Crippen LogP contribution in [0.15, 0.2) is 11.5 Å². The molecule has 0 aromatic carbocycles. The molecule has 17 heavy (non-hydrogen) atoms. The Hall–Kier alpha value is -1.57. The molecule has 7 nitrogen and oxygen atoms in total. The highest BCUT2D eigenvalue weighted by molar-refractivity contribution is 7.90. The van der Waals surface area contributed by atoms with Crippen LogP contribution in [0.2, 0.25) is 0 Å². The zero-order valence-corrected chi connectivity index (χ0v) is 9.74. The summed E-state index contributed by atoms with van der Waals surface area (Å²) in [5.74, 6) is -2.84. The van der Waals surface area contributed by atoms with Gasteiger partial charge in [0.2, 0.25) is 10.0 Å². The van der Waals surface area contributed by atoms with Crippen molar-refractivity contribution in [2.45, 2.75) is 30.9 Å². The highest BCUT2D eigenvalue weighted by Gasteiger charge is 2.31. The molecular weight excluding hydrogens is 250 g/mol. The van der Waals surface area contributed by atoms with Crippen LogP contribution in [-0.2, 0) is 19.6 Å². The summed E-state index contributed by atoms with van der Waals surface area (Å²) in [6, 6.07) is 0. The van der Waals surface area contributed by atoms with Gasteiger partial charge in [-0.3, -0.25) is 9.52 Å². The molecule has 0 aromatic heterocycles. The Kier molecular flexibility index (Phi) is 4.11. The predicted octanol–water partition coefficient (Wildman–Crippen LogP) is -0.0985. The van der Waals surface area contributed by atoms with E-state index >= 15 is 0 Å². The standard InChI is InChI=1S/C9H13NO6S/c11-5-7(12)8(9(13)14)10-17(15,16)6-3-1-2-4-6/h5-6,10,12H,1-4H2,(H,13,14). The fourth-order valence-corrected chi connectivity index (χ4v) is 3.29. The normalized spacial score (nSPS) is 18.6. The molecule has 1 aliphatic rings. The number of sulfonamides is 1. The largest absolute Gasteiger partial charge is 0.503 e. The SMILES string of the molecule is O=CC(O)=C(NS(=O)(=O)C1CCCC1)C(=O)O. The number of aliphatic carboxylic acids is 1. The average molecular weight is 263 g/mol. The van der Waals surface area contributed by atoms with Gasteiger partial charge in [-0.25, -0.2) is 13.2 Å². The van der Waals surface area contributed by atoms with Crippen LogP contribution in [-0.4, -0.2) is 36.1 Å². The Bertz CT molecular complexity index is 446. The van der Waals surface area contributed by atoms with Gasteiger partial charge >= 0.3 is 5.97 Å². The lowest BCUT2D eigenvalue weighted by molar-refractivity contribution is -0.133. The van der Waals surface area contributed by atoms with Crippen LogP contribution < -0.4 is 4.72 Å². The molecule has 0 bridgehead atoms. The third-order valence-electron chi connectivity index (χ3n) is 2.57. The molecule has 0 amide bonds. The molecule has 1 fully saturated rings. The first-order valence-electron chi connectivity index (χ1n) is 5.02. The Balaban J connectivity index is 2.95. The molecule has 96 valence electrons. The van der Waals surface area contributed by atoms with Crippen LogP contribution in [0.5, 0.6) is 0 Å². The maximum atomic E-state index is 11.7. The first-order chi connectivity index (χ1) is 7.88. The lowest BCUT2D eigenvalue weighted by Crippen LogP contribution is -2.35. The summed E-state index contributed by atoms with van der Waals surface area (Å²) < 4.78 is 25.2. The van der Waals surface area contributed by atoms with Gasteiger partial charge in [0.05, 0.1) is 5.25 Å². The van der Waals surface area contributed by atoms with E-state index in [4.69, 9.17) is 10.2 Å². The average Bonchev–Trinajstić information content (AvgIpc) is 2.78. The van der Waals surface area contributed by atoms with Crippen LogP contribution in [0.25, 0.3) is 0 Å². The van der Waals surface area contributed by atoms with Gasteiger partial charge in [0.15, 0.2) is 17.7 Å². The van der Waals surface area contributed by atoms with Crippen LogP contribution in [0, 0.1) is 0 Å². The molecule has 1 rings (SSSR count). The number of carboxylic acid groups (broad SMARTS) is 1. The van der Waals surface area contributed by atoms with E-state index < -0.39 is 32.7 Å². The molecule has 0 spiro atoms. The van der Waals surface area contributed by atoms with Gasteiger partial charge in [-0.05, 0) is 12.8 Å². The fraction of sp³-hybridized carbons (Fsp3) is 0.556. The summed E-state index contributed by atoms with van der Waals surface area (Å²) in [6.45, 7) is 0. The molecule has 0 saturated heterocycles. The summed E-state index contributed by atoms with van der Waals surface area (Å²) in [7, 11) is -3.87. The summed E-state index contributed by atoms with van der Waals surface area (Å²) in [5.41, 5.74) is -1.01. The molecule has 1 aliphatic carbocycles. The predicted molar refractivity (Wildman–Crippen MR) is 57.7 cm³/mol. The van der Waals surface area contributed by atoms with Crippen molar-refractivity contribution in [1.29, 1.82) is 0 Å². The van der Waals surface area contributed by atoms with Crippen molar-refractivity contribution in [3.8, 4) is 0 Å². The van der Waals surface area contributed by atoms with Gasteiger partial charge in [0, 0.05) is 0 Å². The summed E-state index contributed by atoms with van der Waals surface area (Å²) >= 11 is 0. The lowest BCUT2D eigenvalue weighted by Gasteiger charge is -2.13. The van der Waals surface area contributed by atoms with Crippen LogP contribution in [0.3, 0.4) is 0 Å². The second kappa shape index (κ2) is 5.17. The number of aldehydes is 1. The summed E-state index contributed by atoms with van der Waals surface area (Å²) in [5, 5.41) is 17.0. The van der Waals surface area contributed by atoms with Gasteiger partial charge in [-0.2, -0.15) is 0 Å². The third-order valence-corrected chi connectivity index (χ3v) is 4.40. The minimum absolute atomic E-state index is 0.124. The van der Waals surface area contributed by atoms with E-state index in [1.54, 1.807) is 4.72 Å². The van der Waals surface area contributed by atoms with Crippen LogP contribution in [0.4, 0.5) is 0 Å². The molecule has 0 aromatic rings. The second-order valence-electron chi connectivity index (χ2n) is 3.74. The number of allylic oxidation sites excluding steroid dienone is 1. The van der Waals surface area contributed by atoms with E-state index in [0.29, 0.717) is 12.8 Å². The molecule has 0 radical (unpaired) electrons. The summed E-state index contributed by atoms with van der Waals surface area (Å²) in [4.78, 5) is 20.9. The Labute approximate surface area is 98.2 Å². The number of nitrogens with one attached hydrogen (secondary N) is 1. The minimum atomic E-state index is -3.87. The summed E-state index contributed by atoms with van der Waals surface area (Å²) in [6.07, 6.45) is 2.30. The first-order valence-corrected chi connectivity index (χ1v) is 6.56. The van der Waals surface area contributed by atoms with Crippen molar-refractivity contribution < 1.29 is 28.2 Å². The topological polar surface area (TPSA) is 121 Å². The molecular formula is C9H13NO6S. The van der Waals surface area contributed by atoms with Gasteiger partial charge < -0.3 is 10.2 Å². The molecule has 0 aliphatic heterocycles. The highest BCUT2D eigenvalue weighted by atomic mass is 32.2. The first kappa shape index (κ1) is 13.5. The van der Waals surface area contributed by atoms with Crippen molar-refractivity contribution in [2.24, 2.45) is 0 Å². The number of aliphatic hydroxyl groups is 1. The molecule has 0 heterocycles.